The number of pyridine rings is 1. The first-order chi connectivity index (χ1) is 15.4. The van der Waals surface area contributed by atoms with E-state index in [1.165, 1.54) is 19.2 Å². The summed E-state index contributed by atoms with van der Waals surface area (Å²) in [4.78, 5) is 52.2. The first-order valence-corrected chi connectivity index (χ1v) is 10.6. The zero-order valence-corrected chi connectivity index (χ0v) is 17.7. The summed E-state index contributed by atoms with van der Waals surface area (Å²) < 4.78 is 0. The molecule has 2 aromatic carbocycles. The minimum atomic E-state index is -0.526. The van der Waals surface area contributed by atoms with E-state index in [-0.39, 0.29) is 41.1 Å². The molecule has 0 bridgehead atoms. The summed E-state index contributed by atoms with van der Waals surface area (Å²) in [5.41, 5.74) is 1.35. The van der Waals surface area contributed by atoms with E-state index in [0.29, 0.717) is 6.42 Å². The minimum absolute atomic E-state index is 0.0454. The number of benzene rings is 2. The van der Waals surface area contributed by atoms with Gasteiger partial charge in [0, 0.05) is 24.6 Å². The maximum atomic E-state index is 13.0. The van der Waals surface area contributed by atoms with Crippen LogP contribution in [0.5, 0.6) is 0 Å². The van der Waals surface area contributed by atoms with Gasteiger partial charge < -0.3 is 10.3 Å². The van der Waals surface area contributed by atoms with Gasteiger partial charge in [-0.1, -0.05) is 60.7 Å². The quantitative estimate of drug-likeness (QED) is 0.535. The Hall–Kier alpha value is -3.80. The number of Topliss-reactive ketones (excluding diaryl/α,β-unsaturated/α-hetero) is 2. The standard InChI is InChI=1S/C26H24N2O4/c1-16(29)20-12-19(20)13-24(31)22-14-23(30)21(15-27-22)26(32)28-25(17-8-4-2-5-9-17)18-10-6-3-7-11-18/h2-11,14-15,19-20,25H,12-13H2,1H3,(H,27,30)(H,28,32)/t19-,20-/m0/s1. The lowest BCUT2D eigenvalue weighted by Gasteiger charge is -2.20. The predicted molar refractivity (Wildman–Crippen MR) is 120 cm³/mol. The van der Waals surface area contributed by atoms with Crippen LogP contribution in [0.1, 0.15) is 57.8 Å². The number of carbonyl (C=O) groups is 3. The lowest BCUT2D eigenvalue weighted by Crippen LogP contribution is -2.33. The number of rotatable bonds is 8. The summed E-state index contributed by atoms with van der Waals surface area (Å²) in [6.07, 6.45) is 2.22. The molecule has 0 saturated heterocycles. The predicted octanol–water partition coefficient (Wildman–Crippen LogP) is 3.69. The van der Waals surface area contributed by atoms with Gasteiger partial charge in [-0.05, 0) is 30.4 Å². The van der Waals surface area contributed by atoms with Gasteiger partial charge in [0.25, 0.3) is 5.91 Å². The van der Waals surface area contributed by atoms with Gasteiger partial charge >= 0.3 is 0 Å². The van der Waals surface area contributed by atoms with Crippen molar-refractivity contribution in [3.05, 3.63) is 106 Å². The molecule has 2 N–H and O–H groups in total. The van der Waals surface area contributed by atoms with Crippen molar-refractivity contribution in [3.8, 4) is 0 Å². The van der Waals surface area contributed by atoms with Crippen LogP contribution in [0.15, 0.2) is 77.7 Å². The molecular formula is C26H24N2O4. The third-order valence-electron chi connectivity index (χ3n) is 5.89. The highest BCUT2D eigenvalue weighted by Crippen LogP contribution is 2.42. The molecule has 1 heterocycles. The highest BCUT2D eigenvalue weighted by molar-refractivity contribution is 5.97. The third-order valence-corrected chi connectivity index (χ3v) is 5.89. The Balaban J connectivity index is 1.51. The van der Waals surface area contributed by atoms with E-state index in [4.69, 9.17) is 0 Å². The van der Waals surface area contributed by atoms with E-state index >= 15 is 0 Å². The van der Waals surface area contributed by atoms with E-state index in [0.717, 1.165) is 11.1 Å². The van der Waals surface area contributed by atoms with Crippen LogP contribution in [-0.2, 0) is 4.79 Å². The van der Waals surface area contributed by atoms with Gasteiger partial charge in [-0.15, -0.1) is 0 Å². The fourth-order valence-electron chi connectivity index (χ4n) is 3.99. The first-order valence-electron chi connectivity index (χ1n) is 10.6. The number of H-pyrrole nitrogens is 1. The van der Waals surface area contributed by atoms with Gasteiger partial charge in [-0.2, -0.15) is 0 Å². The van der Waals surface area contributed by atoms with E-state index in [1.54, 1.807) is 0 Å². The molecule has 6 heteroatoms. The van der Waals surface area contributed by atoms with Crippen molar-refractivity contribution in [2.75, 3.05) is 0 Å². The van der Waals surface area contributed by atoms with Crippen LogP contribution in [0.3, 0.4) is 0 Å². The summed E-state index contributed by atoms with van der Waals surface area (Å²) in [6, 6.07) is 19.7. The molecule has 3 aromatic rings. The normalized spacial score (nSPS) is 17.1. The van der Waals surface area contributed by atoms with Gasteiger partial charge in [0.2, 0.25) is 0 Å². The molecule has 32 heavy (non-hydrogen) atoms. The van der Waals surface area contributed by atoms with E-state index < -0.39 is 17.4 Å². The highest BCUT2D eigenvalue weighted by Gasteiger charge is 2.41. The monoisotopic (exact) mass is 428 g/mol. The molecule has 0 spiro atoms. The van der Waals surface area contributed by atoms with Crippen molar-refractivity contribution < 1.29 is 14.4 Å². The smallest absolute Gasteiger partial charge is 0.257 e. The Morgan fingerprint density at radius 2 is 1.59 bits per heavy atom. The molecule has 2 atom stereocenters. The molecule has 0 unspecified atom stereocenters. The van der Waals surface area contributed by atoms with E-state index in [1.807, 2.05) is 60.7 Å². The molecule has 162 valence electrons. The molecule has 0 radical (unpaired) electrons. The molecule has 1 aromatic heterocycles. The third kappa shape index (κ3) is 4.75. The van der Waals surface area contributed by atoms with Crippen molar-refractivity contribution in [2.45, 2.75) is 25.8 Å². The summed E-state index contributed by atoms with van der Waals surface area (Å²) in [5.74, 6) is -0.668. The van der Waals surface area contributed by atoms with Gasteiger partial charge in [-0.25, -0.2) is 0 Å². The first kappa shape index (κ1) is 21.4. The zero-order valence-electron chi connectivity index (χ0n) is 17.7. The molecule has 1 fully saturated rings. The molecule has 1 amide bonds. The second kappa shape index (κ2) is 9.14. The summed E-state index contributed by atoms with van der Waals surface area (Å²) >= 11 is 0. The molecular weight excluding hydrogens is 404 g/mol. The number of nitrogens with one attached hydrogen (secondary N) is 2. The van der Waals surface area contributed by atoms with Gasteiger partial charge in [-0.3, -0.25) is 19.2 Å². The topological polar surface area (TPSA) is 96.1 Å². The molecule has 0 aliphatic heterocycles. The second-order valence-corrected chi connectivity index (χ2v) is 8.19. The van der Waals surface area contributed by atoms with E-state index in [9.17, 15) is 19.2 Å². The van der Waals surface area contributed by atoms with Crippen molar-refractivity contribution in [1.29, 1.82) is 0 Å². The zero-order chi connectivity index (χ0) is 22.7. The number of carbonyl (C=O) groups excluding carboxylic acids is 3. The second-order valence-electron chi connectivity index (χ2n) is 8.19. The molecule has 4 rings (SSSR count). The molecule has 1 aliphatic rings. The van der Waals surface area contributed by atoms with Gasteiger partial charge in [0.1, 0.15) is 11.3 Å². The number of hydrogen-bond donors (Lipinski definition) is 2. The summed E-state index contributed by atoms with van der Waals surface area (Å²) in [6.45, 7) is 1.53. The van der Waals surface area contributed by atoms with Crippen LogP contribution in [0.2, 0.25) is 0 Å². The SMILES string of the molecule is CC(=O)[C@@H]1C[C@H]1CC(=O)c1cc(=O)c(C(=O)NC(c2ccccc2)c2ccccc2)c[nH]1. The minimum Gasteiger partial charge on any atom is -0.358 e. The van der Waals surface area contributed by atoms with Crippen molar-refractivity contribution >= 4 is 17.5 Å². The molecule has 6 nitrogen and oxygen atoms in total. The number of ketones is 2. The fraction of sp³-hybridized carbons (Fsp3) is 0.231. The number of amides is 1. The van der Waals surface area contributed by atoms with Crippen molar-refractivity contribution in [1.82, 2.24) is 10.3 Å². The fourth-order valence-corrected chi connectivity index (χ4v) is 3.99. The number of aromatic nitrogens is 1. The average Bonchev–Trinajstić information content (AvgIpc) is 3.58. The largest absolute Gasteiger partial charge is 0.358 e. The maximum Gasteiger partial charge on any atom is 0.257 e. The highest BCUT2D eigenvalue weighted by atomic mass is 16.2. The Kier molecular flexibility index (Phi) is 6.12. The van der Waals surface area contributed by atoms with Crippen LogP contribution in [0.4, 0.5) is 0 Å². The Labute approximate surface area is 185 Å². The van der Waals surface area contributed by atoms with Crippen LogP contribution in [-0.4, -0.2) is 22.5 Å². The lowest BCUT2D eigenvalue weighted by molar-refractivity contribution is -0.118. The van der Waals surface area contributed by atoms with Crippen molar-refractivity contribution in [2.24, 2.45) is 11.8 Å². The molecule has 1 saturated carbocycles. The van der Waals surface area contributed by atoms with Gasteiger partial charge in [0.15, 0.2) is 11.2 Å². The summed E-state index contributed by atoms with van der Waals surface area (Å²) in [5, 5.41) is 2.93. The van der Waals surface area contributed by atoms with Gasteiger partial charge in [0.05, 0.1) is 11.7 Å². The van der Waals surface area contributed by atoms with Crippen LogP contribution < -0.4 is 10.7 Å². The van der Waals surface area contributed by atoms with Crippen molar-refractivity contribution in [3.63, 3.8) is 0 Å². The Morgan fingerprint density at radius 1 is 1.00 bits per heavy atom. The number of hydrogen-bond acceptors (Lipinski definition) is 4. The molecule has 1 aliphatic carbocycles. The van der Waals surface area contributed by atoms with Crippen LogP contribution in [0, 0.1) is 11.8 Å². The summed E-state index contributed by atoms with van der Waals surface area (Å²) in [7, 11) is 0. The average molecular weight is 428 g/mol. The van der Waals surface area contributed by atoms with Crippen LogP contribution >= 0.6 is 0 Å². The van der Waals surface area contributed by atoms with E-state index in [2.05, 4.69) is 10.3 Å². The Morgan fingerprint density at radius 3 is 2.09 bits per heavy atom. The Bertz CT molecular complexity index is 1160. The van der Waals surface area contributed by atoms with Crippen LogP contribution in [0.25, 0.3) is 0 Å². The maximum absolute atomic E-state index is 13.0. The lowest BCUT2D eigenvalue weighted by atomic mass is 9.98. The number of aromatic amines is 1.